The van der Waals surface area contributed by atoms with E-state index in [1.54, 1.807) is 6.21 Å². The Morgan fingerprint density at radius 3 is 1.92 bits per heavy atom. The van der Waals surface area contributed by atoms with Crippen LogP contribution in [0, 0.1) is 22.7 Å². The molecule has 0 aromatic rings. The number of carbonyl (C=O) groups is 2. The van der Waals surface area contributed by atoms with E-state index in [-0.39, 0.29) is 40.9 Å². The maximum absolute atomic E-state index is 12.3. The number of nitrogens with one attached hydrogen (secondary N) is 1. The van der Waals surface area contributed by atoms with Crippen molar-refractivity contribution in [2.45, 2.75) is 80.1 Å². The second-order valence-electron chi connectivity index (χ2n) is 9.86. The third-order valence-electron chi connectivity index (χ3n) is 4.60. The lowest BCUT2D eigenvalue weighted by atomic mass is 9.79. The Hall–Kier alpha value is -1.52. The highest BCUT2D eigenvalue weighted by Crippen LogP contribution is 2.29. The Kier molecular flexibility index (Phi) is 8.65. The minimum absolute atomic E-state index is 0.0238. The number of rotatable bonds is 7. The molecule has 26 heavy (non-hydrogen) atoms. The zero-order valence-corrected chi connectivity index (χ0v) is 17.5. The van der Waals surface area contributed by atoms with E-state index in [9.17, 15) is 9.59 Å². The van der Waals surface area contributed by atoms with Crippen molar-refractivity contribution in [2.24, 2.45) is 32.8 Å². The number of aliphatic imine (C=N–C) groups is 1. The predicted octanol–water partition coefficient (Wildman–Crippen LogP) is 4.41. The fourth-order valence-electron chi connectivity index (χ4n) is 2.82. The molecule has 0 unspecified atom stereocenters. The van der Waals surface area contributed by atoms with Crippen LogP contribution in [0.25, 0.3) is 0 Å². The van der Waals surface area contributed by atoms with E-state index in [0.717, 1.165) is 38.5 Å². The third kappa shape index (κ3) is 9.83. The molecule has 0 heterocycles. The Bertz CT molecular complexity index is 468. The lowest BCUT2D eigenvalue weighted by molar-refractivity contribution is -0.128. The molecule has 0 atom stereocenters. The van der Waals surface area contributed by atoms with Gasteiger partial charge in [0.25, 0.3) is 0 Å². The molecule has 1 aliphatic rings. The molecule has 0 aromatic heterocycles. The largest absolute Gasteiger partial charge is 0.297 e. The first-order valence-corrected chi connectivity index (χ1v) is 9.80. The van der Waals surface area contributed by atoms with E-state index in [1.807, 2.05) is 6.21 Å². The summed E-state index contributed by atoms with van der Waals surface area (Å²) in [5.41, 5.74) is 3.02. The standard InChI is InChI=1S/C21H37N3O2/c1-20(2,3)11-13-22-15-18(25)16-7-9-17(10-8-16)19(26)24-23-14-12-21(4,5)6/h13-14,16-17H,7-12,15H2,1-6H3,(H,24,26)/b22-13?,23-14+. The van der Waals surface area contributed by atoms with Gasteiger partial charge < -0.3 is 0 Å². The summed E-state index contributed by atoms with van der Waals surface area (Å²) in [7, 11) is 0. The van der Waals surface area contributed by atoms with Crippen molar-refractivity contribution in [1.82, 2.24) is 5.43 Å². The maximum atomic E-state index is 12.3. The number of hydrogen-bond donors (Lipinski definition) is 1. The van der Waals surface area contributed by atoms with Crippen LogP contribution in [0.4, 0.5) is 0 Å². The van der Waals surface area contributed by atoms with Crippen molar-refractivity contribution in [3.05, 3.63) is 0 Å². The van der Waals surface area contributed by atoms with E-state index in [0.29, 0.717) is 0 Å². The average Bonchev–Trinajstić information content (AvgIpc) is 2.53. The van der Waals surface area contributed by atoms with Crippen LogP contribution in [0.15, 0.2) is 10.1 Å². The fourth-order valence-corrected chi connectivity index (χ4v) is 2.82. The maximum Gasteiger partial charge on any atom is 0.243 e. The second-order valence-corrected chi connectivity index (χ2v) is 9.86. The van der Waals surface area contributed by atoms with Crippen LogP contribution in [0.5, 0.6) is 0 Å². The number of amides is 1. The quantitative estimate of drug-likeness (QED) is 0.538. The lowest BCUT2D eigenvalue weighted by Gasteiger charge is -2.26. The first-order chi connectivity index (χ1) is 12.0. The van der Waals surface area contributed by atoms with Crippen LogP contribution in [-0.4, -0.2) is 30.7 Å². The number of hydrazone groups is 1. The highest BCUT2D eigenvalue weighted by Gasteiger charge is 2.29. The molecule has 0 aromatic carbocycles. The minimum atomic E-state index is -0.0322. The first kappa shape index (κ1) is 22.5. The molecule has 5 nitrogen and oxygen atoms in total. The first-order valence-electron chi connectivity index (χ1n) is 9.80. The molecule has 1 rings (SSSR count). The Morgan fingerprint density at radius 2 is 1.38 bits per heavy atom. The average molecular weight is 364 g/mol. The van der Waals surface area contributed by atoms with Gasteiger partial charge in [-0.05, 0) is 55.6 Å². The Morgan fingerprint density at radius 1 is 0.885 bits per heavy atom. The van der Waals surface area contributed by atoms with Gasteiger partial charge in [-0.25, -0.2) is 5.43 Å². The van der Waals surface area contributed by atoms with Gasteiger partial charge in [0, 0.05) is 18.1 Å². The molecule has 1 aliphatic carbocycles. The van der Waals surface area contributed by atoms with Gasteiger partial charge in [0.15, 0.2) is 5.78 Å². The van der Waals surface area contributed by atoms with Crippen molar-refractivity contribution in [3.8, 4) is 0 Å². The van der Waals surface area contributed by atoms with Gasteiger partial charge in [0.1, 0.15) is 0 Å². The van der Waals surface area contributed by atoms with Gasteiger partial charge in [0.2, 0.25) is 5.91 Å². The van der Waals surface area contributed by atoms with Crippen molar-refractivity contribution in [1.29, 1.82) is 0 Å². The summed E-state index contributed by atoms with van der Waals surface area (Å²) in [4.78, 5) is 28.7. The van der Waals surface area contributed by atoms with E-state index in [1.165, 1.54) is 0 Å². The van der Waals surface area contributed by atoms with Crippen LogP contribution in [-0.2, 0) is 9.59 Å². The van der Waals surface area contributed by atoms with Crippen LogP contribution < -0.4 is 5.43 Å². The minimum Gasteiger partial charge on any atom is -0.297 e. The topological polar surface area (TPSA) is 70.9 Å². The number of nitrogens with zero attached hydrogens (tertiary/aromatic N) is 2. The van der Waals surface area contributed by atoms with Gasteiger partial charge in [-0.1, -0.05) is 41.5 Å². The van der Waals surface area contributed by atoms with Gasteiger partial charge in [-0.15, -0.1) is 0 Å². The zero-order chi connectivity index (χ0) is 19.8. The van der Waals surface area contributed by atoms with Crippen LogP contribution in [0.2, 0.25) is 0 Å². The van der Waals surface area contributed by atoms with E-state index >= 15 is 0 Å². The number of carbonyl (C=O) groups excluding carboxylic acids is 2. The molecular weight excluding hydrogens is 326 g/mol. The SMILES string of the molecule is CC(C)(C)CC=NCC(=O)C1CCC(C(=O)N/N=C/CC(C)(C)C)CC1. The molecule has 0 bridgehead atoms. The fraction of sp³-hybridized carbons (Fsp3) is 0.810. The second kappa shape index (κ2) is 9.98. The summed E-state index contributed by atoms with van der Waals surface area (Å²) in [6.45, 7) is 13.1. The molecule has 1 saturated carbocycles. The highest BCUT2D eigenvalue weighted by molar-refractivity contribution is 5.85. The molecule has 0 radical (unpaired) electrons. The van der Waals surface area contributed by atoms with Crippen molar-refractivity contribution < 1.29 is 9.59 Å². The summed E-state index contributed by atoms with van der Waals surface area (Å²) in [5.74, 6) is 0.201. The summed E-state index contributed by atoms with van der Waals surface area (Å²) in [6, 6.07) is 0. The Labute approximate surface area is 159 Å². The van der Waals surface area contributed by atoms with E-state index in [4.69, 9.17) is 0 Å². The van der Waals surface area contributed by atoms with E-state index < -0.39 is 0 Å². The monoisotopic (exact) mass is 363 g/mol. The molecule has 148 valence electrons. The summed E-state index contributed by atoms with van der Waals surface area (Å²) < 4.78 is 0. The number of Topliss-reactive ketones (excluding diaryl/α,β-unsaturated/α-hetero) is 1. The van der Waals surface area contributed by atoms with Crippen molar-refractivity contribution in [2.75, 3.05) is 6.54 Å². The predicted molar refractivity (Wildman–Crippen MR) is 109 cm³/mol. The van der Waals surface area contributed by atoms with Gasteiger partial charge in [-0.3, -0.25) is 14.6 Å². The molecular formula is C21H37N3O2. The normalized spacial score (nSPS) is 22.1. The molecule has 0 saturated heterocycles. The Balaban J connectivity index is 2.31. The number of hydrogen-bond acceptors (Lipinski definition) is 4. The molecule has 1 N–H and O–H groups in total. The summed E-state index contributed by atoms with van der Waals surface area (Å²) in [6.07, 6.45) is 8.39. The smallest absolute Gasteiger partial charge is 0.243 e. The highest BCUT2D eigenvalue weighted by atomic mass is 16.2. The number of ketones is 1. The zero-order valence-electron chi connectivity index (χ0n) is 17.5. The van der Waals surface area contributed by atoms with Crippen molar-refractivity contribution in [3.63, 3.8) is 0 Å². The lowest BCUT2D eigenvalue weighted by Crippen LogP contribution is -2.32. The molecule has 1 fully saturated rings. The molecule has 1 amide bonds. The van der Waals surface area contributed by atoms with Gasteiger partial charge in [0.05, 0.1) is 6.54 Å². The summed E-state index contributed by atoms with van der Waals surface area (Å²) >= 11 is 0. The summed E-state index contributed by atoms with van der Waals surface area (Å²) in [5, 5.41) is 4.05. The van der Waals surface area contributed by atoms with Crippen molar-refractivity contribution >= 4 is 24.1 Å². The molecule has 0 spiro atoms. The van der Waals surface area contributed by atoms with Crippen LogP contribution in [0.3, 0.4) is 0 Å². The molecule has 0 aliphatic heterocycles. The van der Waals surface area contributed by atoms with Crippen LogP contribution >= 0.6 is 0 Å². The van der Waals surface area contributed by atoms with E-state index in [2.05, 4.69) is 57.1 Å². The third-order valence-corrected chi connectivity index (χ3v) is 4.60. The van der Waals surface area contributed by atoms with Gasteiger partial charge >= 0.3 is 0 Å². The van der Waals surface area contributed by atoms with Gasteiger partial charge in [-0.2, -0.15) is 5.10 Å². The molecule has 5 heteroatoms. The van der Waals surface area contributed by atoms with Crippen LogP contribution in [0.1, 0.15) is 80.1 Å².